The summed E-state index contributed by atoms with van der Waals surface area (Å²) in [6.07, 6.45) is -0.463. The maximum atomic E-state index is 13.2. The molecule has 1 aromatic rings. The van der Waals surface area contributed by atoms with Crippen LogP contribution in [0.5, 0.6) is 0 Å². The molecule has 0 saturated carbocycles. The maximum absolute atomic E-state index is 13.2. The molecule has 1 rings (SSSR count). The lowest BCUT2D eigenvalue weighted by molar-refractivity contribution is -0.0110. The standard InChI is InChI=1S/C10H12F3N/c1-7-2-3-8(6-9(7)11)10(12,13)4-5-14/h2-3,6H,4-5,14H2,1H3. The Morgan fingerprint density at radius 1 is 1.36 bits per heavy atom. The normalized spacial score (nSPS) is 11.8. The first-order valence-electron chi connectivity index (χ1n) is 4.32. The summed E-state index contributed by atoms with van der Waals surface area (Å²) in [7, 11) is 0. The molecule has 1 aromatic carbocycles. The van der Waals surface area contributed by atoms with Crippen LogP contribution in [0.2, 0.25) is 0 Å². The van der Waals surface area contributed by atoms with Crippen LogP contribution in [0.1, 0.15) is 17.5 Å². The average Bonchev–Trinajstić information content (AvgIpc) is 2.09. The van der Waals surface area contributed by atoms with Crippen molar-refractivity contribution in [3.05, 3.63) is 35.1 Å². The number of alkyl halides is 2. The second kappa shape index (κ2) is 4.00. The molecule has 2 N–H and O–H groups in total. The van der Waals surface area contributed by atoms with Gasteiger partial charge in [0.15, 0.2) is 0 Å². The van der Waals surface area contributed by atoms with E-state index >= 15 is 0 Å². The highest BCUT2D eigenvalue weighted by molar-refractivity contribution is 5.26. The number of aryl methyl sites for hydroxylation is 1. The predicted octanol–water partition coefficient (Wildman–Crippen LogP) is 2.57. The van der Waals surface area contributed by atoms with Crippen LogP contribution in [0.25, 0.3) is 0 Å². The van der Waals surface area contributed by atoms with Crippen LogP contribution in [0.15, 0.2) is 18.2 Å². The number of benzene rings is 1. The molecule has 4 heteroatoms. The monoisotopic (exact) mass is 203 g/mol. The van der Waals surface area contributed by atoms with Crippen molar-refractivity contribution in [2.24, 2.45) is 5.73 Å². The minimum Gasteiger partial charge on any atom is -0.330 e. The summed E-state index contributed by atoms with van der Waals surface area (Å²) < 4.78 is 39.4. The van der Waals surface area contributed by atoms with Gasteiger partial charge in [-0.2, -0.15) is 0 Å². The number of halogens is 3. The zero-order valence-electron chi connectivity index (χ0n) is 7.86. The lowest BCUT2D eigenvalue weighted by atomic mass is 10.0. The van der Waals surface area contributed by atoms with Gasteiger partial charge in [-0.15, -0.1) is 0 Å². The molecular weight excluding hydrogens is 191 g/mol. The fourth-order valence-electron chi connectivity index (χ4n) is 1.15. The third kappa shape index (κ3) is 2.26. The van der Waals surface area contributed by atoms with Gasteiger partial charge in [0.05, 0.1) is 0 Å². The van der Waals surface area contributed by atoms with E-state index in [1.165, 1.54) is 19.1 Å². The van der Waals surface area contributed by atoms with Crippen LogP contribution in [0.3, 0.4) is 0 Å². The summed E-state index contributed by atoms with van der Waals surface area (Å²) in [6.45, 7) is 1.41. The molecule has 0 amide bonds. The van der Waals surface area contributed by atoms with Crippen LogP contribution in [-0.2, 0) is 5.92 Å². The summed E-state index contributed by atoms with van der Waals surface area (Å²) in [4.78, 5) is 0. The smallest absolute Gasteiger partial charge is 0.274 e. The number of nitrogens with two attached hydrogens (primary N) is 1. The molecule has 14 heavy (non-hydrogen) atoms. The highest BCUT2D eigenvalue weighted by Crippen LogP contribution is 2.31. The Balaban J connectivity index is 3.01. The predicted molar refractivity (Wildman–Crippen MR) is 48.7 cm³/mol. The van der Waals surface area contributed by atoms with E-state index in [2.05, 4.69) is 0 Å². The van der Waals surface area contributed by atoms with E-state index in [0.717, 1.165) is 6.07 Å². The average molecular weight is 203 g/mol. The van der Waals surface area contributed by atoms with E-state index in [-0.39, 0.29) is 12.1 Å². The van der Waals surface area contributed by atoms with Crippen molar-refractivity contribution in [1.82, 2.24) is 0 Å². The Hall–Kier alpha value is -1.03. The third-order valence-electron chi connectivity index (χ3n) is 2.05. The van der Waals surface area contributed by atoms with E-state index in [1.54, 1.807) is 0 Å². The molecule has 0 spiro atoms. The topological polar surface area (TPSA) is 26.0 Å². The van der Waals surface area contributed by atoms with Gasteiger partial charge >= 0.3 is 0 Å². The molecular formula is C10H12F3N. The summed E-state index contributed by atoms with van der Waals surface area (Å²) in [5.41, 5.74) is 5.09. The van der Waals surface area contributed by atoms with Crippen molar-refractivity contribution in [2.45, 2.75) is 19.3 Å². The van der Waals surface area contributed by atoms with E-state index < -0.39 is 18.2 Å². The van der Waals surface area contributed by atoms with Gasteiger partial charge in [-0.25, -0.2) is 13.2 Å². The molecule has 1 nitrogen and oxygen atoms in total. The van der Waals surface area contributed by atoms with E-state index in [9.17, 15) is 13.2 Å². The number of rotatable bonds is 3. The molecule has 0 aliphatic heterocycles. The van der Waals surface area contributed by atoms with Gasteiger partial charge in [0.25, 0.3) is 5.92 Å². The summed E-state index contributed by atoms with van der Waals surface area (Å²) in [5, 5.41) is 0. The van der Waals surface area contributed by atoms with Gasteiger partial charge in [-0.3, -0.25) is 0 Å². The molecule has 0 aromatic heterocycles. The molecule has 0 bridgehead atoms. The maximum Gasteiger partial charge on any atom is 0.274 e. The fourth-order valence-corrected chi connectivity index (χ4v) is 1.15. The van der Waals surface area contributed by atoms with Crippen LogP contribution in [-0.4, -0.2) is 6.54 Å². The van der Waals surface area contributed by atoms with E-state index in [4.69, 9.17) is 5.73 Å². The molecule has 0 fully saturated rings. The van der Waals surface area contributed by atoms with Crippen molar-refractivity contribution < 1.29 is 13.2 Å². The van der Waals surface area contributed by atoms with Crippen LogP contribution < -0.4 is 5.73 Å². The van der Waals surface area contributed by atoms with Crippen LogP contribution in [0.4, 0.5) is 13.2 Å². The quantitative estimate of drug-likeness (QED) is 0.802. The highest BCUT2D eigenvalue weighted by Gasteiger charge is 2.30. The van der Waals surface area contributed by atoms with Crippen molar-refractivity contribution in [3.8, 4) is 0 Å². The lowest BCUT2D eigenvalue weighted by Crippen LogP contribution is -2.18. The molecule has 0 heterocycles. The third-order valence-corrected chi connectivity index (χ3v) is 2.05. The van der Waals surface area contributed by atoms with Gasteiger partial charge in [0.1, 0.15) is 5.82 Å². The first-order valence-corrected chi connectivity index (χ1v) is 4.32. The van der Waals surface area contributed by atoms with Gasteiger partial charge < -0.3 is 5.73 Å². The van der Waals surface area contributed by atoms with E-state index in [0.29, 0.717) is 5.56 Å². The number of hydrogen-bond donors (Lipinski definition) is 1. The molecule has 0 unspecified atom stereocenters. The van der Waals surface area contributed by atoms with Crippen molar-refractivity contribution in [1.29, 1.82) is 0 Å². The van der Waals surface area contributed by atoms with Crippen molar-refractivity contribution >= 4 is 0 Å². The van der Waals surface area contributed by atoms with E-state index in [1.807, 2.05) is 0 Å². The second-order valence-electron chi connectivity index (χ2n) is 3.21. The van der Waals surface area contributed by atoms with Crippen LogP contribution in [0, 0.1) is 12.7 Å². The molecule has 0 aliphatic rings. The Kier molecular flexibility index (Phi) is 3.16. The molecule has 0 saturated heterocycles. The minimum atomic E-state index is -3.04. The van der Waals surface area contributed by atoms with Crippen LogP contribution >= 0.6 is 0 Å². The van der Waals surface area contributed by atoms with Gasteiger partial charge in [-0.05, 0) is 25.1 Å². The van der Waals surface area contributed by atoms with Gasteiger partial charge in [0.2, 0.25) is 0 Å². The second-order valence-corrected chi connectivity index (χ2v) is 3.21. The number of hydrogen-bond acceptors (Lipinski definition) is 1. The highest BCUT2D eigenvalue weighted by atomic mass is 19.3. The Morgan fingerprint density at radius 3 is 2.50 bits per heavy atom. The first kappa shape index (κ1) is 11.0. The molecule has 78 valence electrons. The fraction of sp³-hybridized carbons (Fsp3) is 0.400. The van der Waals surface area contributed by atoms with Gasteiger partial charge in [-0.1, -0.05) is 12.1 Å². The van der Waals surface area contributed by atoms with Crippen molar-refractivity contribution in [2.75, 3.05) is 6.54 Å². The summed E-state index contributed by atoms with van der Waals surface area (Å²) >= 11 is 0. The lowest BCUT2D eigenvalue weighted by Gasteiger charge is -2.15. The summed E-state index contributed by atoms with van der Waals surface area (Å²) in [5.74, 6) is -3.65. The Labute approximate surface area is 80.7 Å². The Bertz CT molecular complexity index is 323. The SMILES string of the molecule is Cc1ccc(C(F)(F)CCN)cc1F. The largest absolute Gasteiger partial charge is 0.330 e. The van der Waals surface area contributed by atoms with Crippen molar-refractivity contribution in [3.63, 3.8) is 0 Å². The zero-order chi connectivity index (χ0) is 10.8. The summed E-state index contributed by atoms with van der Waals surface area (Å²) in [6, 6.07) is 3.44. The zero-order valence-corrected chi connectivity index (χ0v) is 7.86. The first-order chi connectivity index (χ1) is 6.47. The molecule has 0 atom stereocenters. The minimum absolute atomic E-state index is 0.123. The molecule has 0 aliphatic carbocycles. The Morgan fingerprint density at radius 2 is 2.00 bits per heavy atom. The molecule has 0 radical (unpaired) electrons. The van der Waals surface area contributed by atoms with Gasteiger partial charge in [0, 0.05) is 12.0 Å².